The van der Waals surface area contributed by atoms with E-state index in [-0.39, 0.29) is 0 Å². The number of fused-ring (bicyclic) bond motifs is 5. The summed E-state index contributed by atoms with van der Waals surface area (Å²) in [5.74, 6) is 0. The van der Waals surface area contributed by atoms with Crippen LogP contribution in [-0.2, 0) is 0 Å². The molecule has 1 aromatic heterocycles. The largest absolute Gasteiger partial charge is 0.310 e. The lowest BCUT2D eigenvalue weighted by Crippen LogP contribution is -2.10. The molecular weight excluding hydrogens is 653 g/mol. The van der Waals surface area contributed by atoms with Crippen molar-refractivity contribution in [1.82, 2.24) is 4.57 Å². The smallest absolute Gasteiger partial charge is 0.0626 e. The highest BCUT2D eigenvalue weighted by Crippen LogP contribution is 2.49. The van der Waals surface area contributed by atoms with Crippen LogP contribution in [0.25, 0.3) is 71.6 Å². The molecule has 0 amide bonds. The summed E-state index contributed by atoms with van der Waals surface area (Å²) in [6, 6.07) is 78.9. The van der Waals surface area contributed by atoms with Crippen molar-refractivity contribution in [2.24, 2.45) is 0 Å². The van der Waals surface area contributed by atoms with Gasteiger partial charge in [-0.15, -0.1) is 0 Å². The second-order valence-corrected chi connectivity index (χ2v) is 13.7. The third-order valence-electron chi connectivity index (χ3n) is 10.5. The fourth-order valence-electron chi connectivity index (χ4n) is 8.10. The molecule has 0 radical (unpaired) electrons. The van der Waals surface area contributed by atoms with Crippen molar-refractivity contribution in [2.45, 2.75) is 0 Å². The van der Waals surface area contributed by atoms with Gasteiger partial charge in [0.25, 0.3) is 0 Å². The lowest BCUT2D eigenvalue weighted by molar-refractivity contribution is 1.18. The zero-order valence-corrected chi connectivity index (χ0v) is 29.7. The molecule has 2 nitrogen and oxygen atoms in total. The minimum atomic E-state index is 1.09. The van der Waals surface area contributed by atoms with E-state index in [4.69, 9.17) is 0 Å². The second-order valence-electron chi connectivity index (χ2n) is 13.7. The first-order valence-corrected chi connectivity index (χ1v) is 18.5. The molecule has 2 heteroatoms. The number of hydrogen-bond donors (Lipinski definition) is 0. The topological polar surface area (TPSA) is 8.17 Å². The summed E-state index contributed by atoms with van der Waals surface area (Å²) in [6.07, 6.45) is 0. The monoisotopic (exact) mass is 688 g/mol. The molecule has 1 heterocycles. The molecule has 0 spiro atoms. The molecule has 0 aliphatic heterocycles. The Bertz CT molecular complexity index is 2890. The molecule has 0 aliphatic rings. The Labute approximate surface area is 315 Å². The van der Waals surface area contributed by atoms with Crippen LogP contribution in [0.5, 0.6) is 0 Å². The first kappa shape index (κ1) is 31.6. The molecule has 10 rings (SSSR count). The lowest BCUT2D eigenvalue weighted by Gasteiger charge is -2.27. The van der Waals surface area contributed by atoms with Gasteiger partial charge < -0.3 is 9.47 Å². The van der Waals surface area contributed by atoms with Crippen molar-refractivity contribution in [1.29, 1.82) is 0 Å². The maximum absolute atomic E-state index is 2.47. The number of para-hydroxylation sites is 1. The first-order valence-electron chi connectivity index (χ1n) is 18.5. The Morgan fingerprint density at radius 1 is 0.352 bits per heavy atom. The van der Waals surface area contributed by atoms with Crippen LogP contribution in [0.4, 0.5) is 17.1 Å². The number of anilines is 3. The summed E-state index contributed by atoms with van der Waals surface area (Å²) in [6.45, 7) is 0. The van der Waals surface area contributed by atoms with Crippen LogP contribution in [0.2, 0.25) is 0 Å². The number of benzene rings is 9. The van der Waals surface area contributed by atoms with Crippen molar-refractivity contribution in [3.8, 4) is 39.1 Å². The average molecular weight is 689 g/mol. The minimum Gasteiger partial charge on any atom is -0.310 e. The zero-order valence-electron chi connectivity index (χ0n) is 29.7. The van der Waals surface area contributed by atoms with E-state index in [2.05, 4.69) is 228 Å². The summed E-state index contributed by atoms with van der Waals surface area (Å²) in [4.78, 5) is 2.45. The molecule has 0 unspecified atom stereocenters. The second kappa shape index (κ2) is 13.4. The highest BCUT2D eigenvalue weighted by Gasteiger charge is 2.25. The summed E-state index contributed by atoms with van der Waals surface area (Å²) >= 11 is 0. The van der Waals surface area contributed by atoms with Crippen LogP contribution < -0.4 is 4.90 Å². The number of aromatic nitrogens is 1. The van der Waals surface area contributed by atoms with Crippen molar-refractivity contribution in [3.05, 3.63) is 218 Å². The average Bonchev–Trinajstić information content (AvgIpc) is 3.61. The fourth-order valence-corrected chi connectivity index (χ4v) is 8.10. The predicted molar refractivity (Wildman–Crippen MR) is 229 cm³/mol. The highest BCUT2D eigenvalue weighted by atomic mass is 15.1. The fraction of sp³-hybridized carbons (Fsp3) is 0. The number of rotatable bonds is 7. The van der Waals surface area contributed by atoms with E-state index in [1.165, 1.54) is 60.4 Å². The van der Waals surface area contributed by atoms with Gasteiger partial charge in [-0.1, -0.05) is 164 Å². The molecule has 54 heavy (non-hydrogen) atoms. The Kier molecular flexibility index (Phi) is 7.85. The van der Waals surface area contributed by atoms with Gasteiger partial charge in [0.05, 0.1) is 16.7 Å². The Morgan fingerprint density at radius 2 is 0.907 bits per heavy atom. The molecule has 0 saturated heterocycles. The quantitative estimate of drug-likeness (QED) is 0.162. The molecule has 10 aromatic rings. The summed E-state index contributed by atoms with van der Waals surface area (Å²) in [5, 5.41) is 4.88. The van der Waals surface area contributed by atoms with E-state index >= 15 is 0 Å². The summed E-state index contributed by atoms with van der Waals surface area (Å²) in [7, 11) is 0. The van der Waals surface area contributed by atoms with Gasteiger partial charge in [-0.25, -0.2) is 0 Å². The molecule has 9 aromatic carbocycles. The van der Waals surface area contributed by atoms with Crippen LogP contribution in [0, 0.1) is 0 Å². The van der Waals surface area contributed by atoms with Crippen molar-refractivity contribution < 1.29 is 0 Å². The molecule has 0 atom stereocenters. The standard InChI is InChI=1S/C52H36N2/c1-5-17-37(18-6-1)39-31-33-44(34-32-39)53(45-27-15-24-41(35-45)38-19-7-2-8-20-38)48-29-16-30-49-51(48)50-47(40-21-9-3-10-22-40)36-42-23-13-14-28-46(42)52(50)54(49)43-25-11-4-12-26-43/h1-36H. The van der Waals surface area contributed by atoms with Crippen molar-refractivity contribution >= 4 is 49.6 Å². The van der Waals surface area contributed by atoms with E-state index in [0.29, 0.717) is 0 Å². The van der Waals surface area contributed by atoms with Gasteiger partial charge in [0.15, 0.2) is 0 Å². The van der Waals surface area contributed by atoms with E-state index in [9.17, 15) is 0 Å². The van der Waals surface area contributed by atoms with E-state index in [0.717, 1.165) is 28.3 Å². The van der Waals surface area contributed by atoms with E-state index in [1.807, 2.05) is 0 Å². The minimum absolute atomic E-state index is 1.09. The lowest BCUT2D eigenvalue weighted by atomic mass is 9.94. The zero-order chi connectivity index (χ0) is 35.8. The highest BCUT2D eigenvalue weighted by molar-refractivity contribution is 6.27. The molecule has 0 saturated carbocycles. The van der Waals surface area contributed by atoms with Crippen LogP contribution >= 0.6 is 0 Å². The normalized spacial score (nSPS) is 11.3. The van der Waals surface area contributed by atoms with Crippen LogP contribution in [0.1, 0.15) is 0 Å². The molecule has 254 valence electrons. The van der Waals surface area contributed by atoms with Gasteiger partial charge in [0.2, 0.25) is 0 Å². The van der Waals surface area contributed by atoms with Crippen LogP contribution in [-0.4, -0.2) is 4.57 Å². The first-order chi connectivity index (χ1) is 26.8. The van der Waals surface area contributed by atoms with Crippen molar-refractivity contribution in [2.75, 3.05) is 4.90 Å². The third-order valence-corrected chi connectivity index (χ3v) is 10.5. The Balaban J connectivity index is 1.33. The molecule has 0 N–H and O–H groups in total. The predicted octanol–water partition coefficient (Wildman–Crippen LogP) is 14.4. The SMILES string of the molecule is c1ccc(-c2ccc(N(c3cccc(-c4ccccc4)c3)c3cccc4c3c3c(-c5ccccc5)cc5ccccc5c3n4-c3ccccc3)cc2)cc1. The maximum Gasteiger partial charge on any atom is 0.0626 e. The van der Waals surface area contributed by atoms with Crippen LogP contribution in [0.3, 0.4) is 0 Å². The summed E-state index contributed by atoms with van der Waals surface area (Å²) < 4.78 is 2.47. The molecule has 0 fully saturated rings. The van der Waals surface area contributed by atoms with Crippen molar-refractivity contribution in [3.63, 3.8) is 0 Å². The van der Waals surface area contributed by atoms with Gasteiger partial charge in [0.1, 0.15) is 0 Å². The molecule has 0 aliphatic carbocycles. The van der Waals surface area contributed by atoms with Gasteiger partial charge in [-0.05, 0) is 93.4 Å². The third kappa shape index (κ3) is 5.44. The van der Waals surface area contributed by atoms with Gasteiger partial charge in [0, 0.05) is 33.2 Å². The van der Waals surface area contributed by atoms with Crippen LogP contribution in [0.15, 0.2) is 218 Å². The number of nitrogens with zero attached hydrogens (tertiary/aromatic N) is 2. The maximum atomic E-state index is 2.47. The summed E-state index contributed by atoms with van der Waals surface area (Å²) in [5.41, 5.74) is 14.0. The van der Waals surface area contributed by atoms with Gasteiger partial charge >= 0.3 is 0 Å². The van der Waals surface area contributed by atoms with Gasteiger partial charge in [-0.2, -0.15) is 0 Å². The number of hydrogen-bond acceptors (Lipinski definition) is 1. The Hall–Kier alpha value is -7.16. The molecule has 0 bridgehead atoms. The van der Waals surface area contributed by atoms with Gasteiger partial charge in [-0.3, -0.25) is 0 Å². The van der Waals surface area contributed by atoms with E-state index < -0.39 is 0 Å². The van der Waals surface area contributed by atoms with E-state index in [1.54, 1.807) is 0 Å². The molecular formula is C52H36N2. The Morgan fingerprint density at radius 3 is 1.61 bits per heavy atom.